The third-order valence-electron chi connectivity index (χ3n) is 3.02. The molecular weight excluding hydrogens is 301 g/mol. The molecule has 0 radical (unpaired) electrons. The first kappa shape index (κ1) is 12.1. The zero-order valence-electron chi connectivity index (χ0n) is 9.54. The van der Waals surface area contributed by atoms with Gasteiger partial charge in [-0.3, -0.25) is 0 Å². The summed E-state index contributed by atoms with van der Waals surface area (Å²) in [6.07, 6.45) is 2.38. The van der Waals surface area contributed by atoms with Gasteiger partial charge in [0.15, 0.2) is 0 Å². The SMILES string of the molecule is CCC[CH2][Sn]12[O]CCN(CC[O]1)CC[O]2. The van der Waals surface area contributed by atoms with Gasteiger partial charge in [0.05, 0.1) is 0 Å². The second-order valence-electron chi connectivity index (χ2n) is 4.17. The summed E-state index contributed by atoms with van der Waals surface area (Å²) in [6, 6.07) is 0. The molecule has 15 heavy (non-hydrogen) atoms. The van der Waals surface area contributed by atoms with Crippen LogP contribution in [0.3, 0.4) is 0 Å². The monoisotopic (exact) mass is 323 g/mol. The van der Waals surface area contributed by atoms with E-state index in [4.69, 9.17) is 9.22 Å². The quantitative estimate of drug-likeness (QED) is 0.729. The molecule has 5 heteroatoms. The third-order valence-corrected chi connectivity index (χ3v) is 11.3. The Bertz CT molecular complexity index is 171. The van der Waals surface area contributed by atoms with E-state index in [1.54, 1.807) is 0 Å². The fourth-order valence-electron chi connectivity index (χ4n) is 2.06. The van der Waals surface area contributed by atoms with E-state index in [0.717, 1.165) is 43.9 Å². The first-order valence-electron chi connectivity index (χ1n) is 5.99. The summed E-state index contributed by atoms with van der Waals surface area (Å²) in [5.41, 5.74) is 0. The summed E-state index contributed by atoms with van der Waals surface area (Å²) in [5, 5.41) is 0. The predicted molar refractivity (Wildman–Crippen MR) is 59.8 cm³/mol. The second-order valence-corrected chi connectivity index (χ2v) is 12.0. The van der Waals surface area contributed by atoms with Crippen molar-refractivity contribution in [3.8, 4) is 0 Å². The van der Waals surface area contributed by atoms with E-state index in [9.17, 15) is 0 Å². The average molecular weight is 322 g/mol. The summed E-state index contributed by atoms with van der Waals surface area (Å²) in [7, 11) is 0. The summed E-state index contributed by atoms with van der Waals surface area (Å²) >= 11 is -3.06. The van der Waals surface area contributed by atoms with Crippen molar-refractivity contribution in [2.24, 2.45) is 0 Å². The molecule has 3 aliphatic rings. The topological polar surface area (TPSA) is 30.9 Å². The number of hydrogen-bond donors (Lipinski definition) is 0. The Morgan fingerprint density at radius 3 is 2.00 bits per heavy atom. The molecule has 3 rings (SSSR count). The molecule has 0 saturated carbocycles. The van der Waals surface area contributed by atoms with Gasteiger partial charge in [-0.25, -0.2) is 0 Å². The van der Waals surface area contributed by atoms with Crippen LogP contribution in [0.4, 0.5) is 0 Å². The Balaban J connectivity index is 1.98. The van der Waals surface area contributed by atoms with Crippen LogP contribution in [0.2, 0.25) is 4.44 Å². The molecule has 0 amide bonds. The van der Waals surface area contributed by atoms with Crippen LogP contribution in [0.5, 0.6) is 0 Å². The van der Waals surface area contributed by atoms with Crippen LogP contribution < -0.4 is 0 Å². The molecule has 4 nitrogen and oxygen atoms in total. The molecule has 0 aromatic rings. The Morgan fingerprint density at radius 2 is 1.53 bits per heavy atom. The first-order valence-corrected chi connectivity index (χ1v) is 11.5. The van der Waals surface area contributed by atoms with Crippen molar-refractivity contribution in [3.05, 3.63) is 0 Å². The maximum absolute atomic E-state index is 5.97. The minimum absolute atomic E-state index is 0.805. The van der Waals surface area contributed by atoms with E-state index in [0.29, 0.717) is 0 Å². The minimum atomic E-state index is -3.06. The van der Waals surface area contributed by atoms with Gasteiger partial charge in [-0.2, -0.15) is 0 Å². The molecule has 88 valence electrons. The van der Waals surface area contributed by atoms with Gasteiger partial charge in [0, 0.05) is 0 Å². The molecule has 0 aliphatic carbocycles. The summed E-state index contributed by atoms with van der Waals surface area (Å²) in [5.74, 6) is 0. The summed E-state index contributed by atoms with van der Waals surface area (Å²) in [4.78, 5) is 2.36. The van der Waals surface area contributed by atoms with Crippen molar-refractivity contribution in [1.29, 1.82) is 0 Å². The number of nitrogens with zero attached hydrogens (tertiary/aromatic N) is 1. The van der Waals surface area contributed by atoms with Gasteiger partial charge in [-0.1, -0.05) is 0 Å². The second kappa shape index (κ2) is 5.82. The van der Waals surface area contributed by atoms with Gasteiger partial charge in [0.2, 0.25) is 0 Å². The van der Waals surface area contributed by atoms with Crippen LogP contribution >= 0.6 is 0 Å². The molecule has 0 atom stereocenters. The van der Waals surface area contributed by atoms with E-state index in [-0.39, 0.29) is 0 Å². The molecule has 3 heterocycles. The number of fused-ring (bicyclic) bond motifs is 6. The average Bonchev–Trinajstić information content (AvgIpc) is 2.14. The Labute approximate surface area is 97.4 Å². The molecule has 0 unspecified atom stereocenters. The Kier molecular flexibility index (Phi) is 4.69. The van der Waals surface area contributed by atoms with Crippen LogP contribution in [-0.4, -0.2) is 64.0 Å². The summed E-state index contributed by atoms with van der Waals surface area (Å²) in [6.45, 7) is 7.78. The van der Waals surface area contributed by atoms with Gasteiger partial charge in [0.1, 0.15) is 0 Å². The first-order chi connectivity index (χ1) is 7.35. The molecule has 3 aliphatic heterocycles. The molecule has 0 N–H and O–H groups in total. The molecule has 0 aromatic carbocycles. The number of rotatable bonds is 3. The van der Waals surface area contributed by atoms with Crippen molar-refractivity contribution in [2.45, 2.75) is 24.2 Å². The Morgan fingerprint density at radius 1 is 1.00 bits per heavy atom. The third kappa shape index (κ3) is 3.30. The van der Waals surface area contributed by atoms with Gasteiger partial charge >= 0.3 is 97.4 Å². The van der Waals surface area contributed by atoms with Crippen molar-refractivity contribution >= 4 is 19.6 Å². The van der Waals surface area contributed by atoms with Crippen molar-refractivity contribution < 1.29 is 9.22 Å². The van der Waals surface area contributed by atoms with Crippen LogP contribution in [0.15, 0.2) is 0 Å². The Hall–Kier alpha value is 0.639. The van der Waals surface area contributed by atoms with E-state index >= 15 is 0 Å². The van der Waals surface area contributed by atoms with Gasteiger partial charge in [0.25, 0.3) is 0 Å². The van der Waals surface area contributed by atoms with Crippen molar-refractivity contribution in [1.82, 2.24) is 4.90 Å². The molecular formula is C10H21NO3Sn. The van der Waals surface area contributed by atoms with Crippen LogP contribution in [0.25, 0.3) is 0 Å². The fourth-order valence-corrected chi connectivity index (χ4v) is 9.70. The molecule has 3 saturated heterocycles. The van der Waals surface area contributed by atoms with Gasteiger partial charge in [-0.05, 0) is 0 Å². The fraction of sp³-hybridized carbons (Fsp3) is 1.00. The number of unbranched alkanes of at least 4 members (excludes halogenated alkanes) is 1. The number of hydrogen-bond acceptors (Lipinski definition) is 4. The van der Waals surface area contributed by atoms with Crippen LogP contribution in [0.1, 0.15) is 19.8 Å². The standard InChI is InChI=1S/C6H12NO3.C4H9.Sn/c8-4-1-7(2-5-9)3-6-10;1-3-4-2;/h1-6H2;1,3-4H2,2H3;/q-3;;+3. The molecule has 0 aromatic heterocycles. The predicted octanol–water partition coefficient (Wildman–Crippen LogP) is 1.10. The molecule has 2 bridgehead atoms. The molecule has 3 fully saturated rings. The van der Waals surface area contributed by atoms with Crippen LogP contribution in [0, 0.1) is 0 Å². The van der Waals surface area contributed by atoms with Crippen LogP contribution in [-0.2, 0) is 9.22 Å². The summed E-state index contributed by atoms with van der Waals surface area (Å²) < 4.78 is 19.0. The van der Waals surface area contributed by atoms with E-state index in [2.05, 4.69) is 11.8 Å². The normalized spacial score (nSPS) is 37.0. The van der Waals surface area contributed by atoms with Gasteiger partial charge < -0.3 is 0 Å². The van der Waals surface area contributed by atoms with E-state index < -0.39 is 19.6 Å². The van der Waals surface area contributed by atoms with Gasteiger partial charge in [-0.15, -0.1) is 0 Å². The van der Waals surface area contributed by atoms with Crippen molar-refractivity contribution in [3.63, 3.8) is 0 Å². The maximum atomic E-state index is 5.97. The molecule has 0 spiro atoms. The zero-order chi connectivity index (χ0) is 10.6. The van der Waals surface area contributed by atoms with E-state index in [1.165, 1.54) is 12.8 Å². The van der Waals surface area contributed by atoms with E-state index in [1.807, 2.05) is 0 Å². The van der Waals surface area contributed by atoms with Crippen molar-refractivity contribution in [2.75, 3.05) is 39.5 Å². The zero-order valence-corrected chi connectivity index (χ0v) is 12.4.